The van der Waals surface area contributed by atoms with Crippen molar-refractivity contribution in [3.63, 3.8) is 0 Å². The van der Waals surface area contributed by atoms with E-state index in [9.17, 15) is 4.79 Å². The summed E-state index contributed by atoms with van der Waals surface area (Å²) in [4.78, 5) is 15.5. The lowest BCUT2D eigenvalue weighted by Gasteiger charge is -2.01. The molecule has 18 heavy (non-hydrogen) atoms. The average molecular weight is 307 g/mol. The number of carbonyl (C=O) groups is 1. The number of imidazole rings is 1. The van der Waals surface area contributed by atoms with Crippen molar-refractivity contribution < 1.29 is 4.79 Å². The average Bonchev–Trinajstić information content (AvgIpc) is 2.64. The molecule has 94 valence electrons. The van der Waals surface area contributed by atoms with Gasteiger partial charge in [0.1, 0.15) is 11.5 Å². The molecule has 0 fully saturated rings. The fourth-order valence-corrected chi connectivity index (χ4v) is 2.20. The lowest BCUT2D eigenvalue weighted by Crippen LogP contribution is -2.00. The molecule has 4 heteroatoms. The fourth-order valence-electron chi connectivity index (χ4n) is 1.94. The summed E-state index contributed by atoms with van der Waals surface area (Å²) >= 11 is 3.42. The van der Waals surface area contributed by atoms with Crippen LogP contribution in [-0.4, -0.2) is 15.8 Å². The van der Waals surface area contributed by atoms with E-state index in [4.69, 9.17) is 0 Å². The first kappa shape index (κ1) is 13.0. The molecule has 1 aromatic carbocycles. The molecule has 3 nitrogen and oxygen atoms in total. The van der Waals surface area contributed by atoms with Gasteiger partial charge in [-0.05, 0) is 37.5 Å². The van der Waals surface area contributed by atoms with E-state index >= 15 is 0 Å². The van der Waals surface area contributed by atoms with Crippen molar-refractivity contribution in [1.29, 1.82) is 0 Å². The molecule has 0 saturated heterocycles. The van der Waals surface area contributed by atoms with Crippen LogP contribution in [0.1, 0.15) is 27.6 Å². The Kier molecular flexibility index (Phi) is 3.97. The molecule has 0 radical (unpaired) electrons. The Morgan fingerprint density at radius 3 is 2.56 bits per heavy atom. The highest BCUT2D eigenvalue weighted by molar-refractivity contribution is 9.10. The highest BCUT2D eigenvalue weighted by atomic mass is 79.9. The fraction of sp³-hybridized carbons (Fsp3) is 0.286. The molecular weight excluding hydrogens is 292 g/mol. The first-order valence-corrected chi connectivity index (χ1v) is 6.63. The Labute approximate surface area is 115 Å². The predicted octanol–water partition coefficient (Wildman–Crippen LogP) is 3.09. The summed E-state index contributed by atoms with van der Waals surface area (Å²) < 4.78 is 2.91. The van der Waals surface area contributed by atoms with Crippen LogP contribution in [0, 0.1) is 6.92 Å². The van der Waals surface area contributed by atoms with Gasteiger partial charge in [0.2, 0.25) is 0 Å². The summed E-state index contributed by atoms with van der Waals surface area (Å²) in [5, 5.41) is 0. The molecule has 2 rings (SSSR count). The van der Waals surface area contributed by atoms with Crippen molar-refractivity contribution in [2.75, 3.05) is 0 Å². The molecular formula is C14H15BrN2O. The highest BCUT2D eigenvalue weighted by Crippen LogP contribution is 2.14. The van der Waals surface area contributed by atoms with Crippen LogP contribution in [0.2, 0.25) is 0 Å². The van der Waals surface area contributed by atoms with E-state index in [0.717, 1.165) is 35.1 Å². The van der Waals surface area contributed by atoms with E-state index < -0.39 is 0 Å². The number of nitrogens with zero attached hydrogens (tertiary/aromatic N) is 2. The third-order valence-electron chi connectivity index (χ3n) is 3.11. The van der Waals surface area contributed by atoms with Gasteiger partial charge in [0.15, 0.2) is 6.29 Å². The molecule has 0 atom stereocenters. The van der Waals surface area contributed by atoms with Gasteiger partial charge in [-0.25, -0.2) is 4.98 Å². The Hall–Kier alpha value is -1.42. The van der Waals surface area contributed by atoms with Gasteiger partial charge in [0, 0.05) is 11.5 Å². The number of aryl methyl sites for hydroxylation is 3. The van der Waals surface area contributed by atoms with E-state index in [1.807, 2.05) is 30.7 Å². The van der Waals surface area contributed by atoms with Crippen molar-refractivity contribution in [3.8, 4) is 0 Å². The van der Waals surface area contributed by atoms with E-state index in [0.29, 0.717) is 5.69 Å². The second-order valence-electron chi connectivity index (χ2n) is 4.29. The van der Waals surface area contributed by atoms with Crippen molar-refractivity contribution in [2.45, 2.75) is 19.8 Å². The lowest BCUT2D eigenvalue weighted by molar-refractivity contribution is 0.111. The van der Waals surface area contributed by atoms with Crippen LogP contribution in [0.3, 0.4) is 0 Å². The number of hydrogen-bond donors (Lipinski definition) is 0. The summed E-state index contributed by atoms with van der Waals surface area (Å²) in [6, 6.07) is 8.22. The van der Waals surface area contributed by atoms with Crippen LogP contribution < -0.4 is 0 Å². The number of benzene rings is 1. The van der Waals surface area contributed by atoms with Gasteiger partial charge >= 0.3 is 0 Å². The standard InChI is InChI=1S/C14H15BrN2O/c1-10-16-13(14(9-18)17(10)2)8-5-11-3-6-12(15)7-4-11/h3-4,6-7,9H,5,8H2,1-2H3. The van der Waals surface area contributed by atoms with Gasteiger partial charge in [-0.3, -0.25) is 4.79 Å². The van der Waals surface area contributed by atoms with Gasteiger partial charge in [-0.2, -0.15) is 0 Å². The number of hydrogen-bond acceptors (Lipinski definition) is 2. The summed E-state index contributed by atoms with van der Waals surface area (Å²) in [6.07, 6.45) is 2.57. The molecule has 0 saturated carbocycles. The first-order chi connectivity index (χ1) is 8.61. The van der Waals surface area contributed by atoms with E-state index in [1.165, 1.54) is 5.56 Å². The molecule has 0 bridgehead atoms. The van der Waals surface area contributed by atoms with E-state index in [2.05, 4.69) is 33.0 Å². The second-order valence-corrected chi connectivity index (χ2v) is 5.21. The summed E-state index contributed by atoms with van der Waals surface area (Å²) in [5.41, 5.74) is 2.82. The van der Waals surface area contributed by atoms with Gasteiger partial charge in [0.25, 0.3) is 0 Å². The summed E-state index contributed by atoms with van der Waals surface area (Å²) in [6.45, 7) is 1.91. The molecule has 2 aromatic rings. The van der Waals surface area contributed by atoms with Crippen molar-refractivity contribution in [2.24, 2.45) is 7.05 Å². The molecule has 0 spiro atoms. The number of aromatic nitrogens is 2. The molecule has 0 aliphatic carbocycles. The zero-order valence-electron chi connectivity index (χ0n) is 10.5. The molecule has 0 aliphatic rings. The van der Waals surface area contributed by atoms with Crippen LogP contribution in [0.4, 0.5) is 0 Å². The minimum Gasteiger partial charge on any atom is -0.329 e. The van der Waals surface area contributed by atoms with Gasteiger partial charge in [-0.1, -0.05) is 28.1 Å². The quantitative estimate of drug-likeness (QED) is 0.814. The Morgan fingerprint density at radius 1 is 1.28 bits per heavy atom. The van der Waals surface area contributed by atoms with E-state index in [-0.39, 0.29) is 0 Å². The van der Waals surface area contributed by atoms with Crippen LogP contribution in [0.25, 0.3) is 0 Å². The maximum absolute atomic E-state index is 11.1. The monoisotopic (exact) mass is 306 g/mol. The van der Waals surface area contributed by atoms with E-state index in [1.54, 1.807) is 0 Å². The third-order valence-corrected chi connectivity index (χ3v) is 3.64. The first-order valence-electron chi connectivity index (χ1n) is 5.83. The number of halogens is 1. The normalized spacial score (nSPS) is 10.6. The van der Waals surface area contributed by atoms with Crippen LogP contribution >= 0.6 is 15.9 Å². The molecule has 0 unspecified atom stereocenters. The number of aldehydes is 1. The zero-order chi connectivity index (χ0) is 13.1. The number of rotatable bonds is 4. The molecule has 0 amide bonds. The molecule has 0 N–H and O–H groups in total. The Morgan fingerprint density at radius 2 is 1.94 bits per heavy atom. The largest absolute Gasteiger partial charge is 0.329 e. The highest BCUT2D eigenvalue weighted by Gasteiger charge is 2.11. The third kappa shape index (κ3) is 2.70. The molecule has 1 aromatic heterocycles. The minimum absolute atomic E-state index is 0.685. The van der Waals surface area contributed by atoms with Crippen molar-refractivity contribution in [3.05, 3.63) is 51.5 Å². The Balaban J connectivity index is 2.13. The van der Waals surface area contributed by atoms with Crippen molar-refractivity contribution in [1.82, 2.24) is 9.55 Å². The van der Waals surface area contributed by atoms with Crippen molar-refractivity contribution >= 4 is 22.2 Å². The Bertz CT molecular complexity index is 558. The zero-order valence-corrected chi connectivity index (χ0v) is 12.1. The number of carbonyl (C=O) groups excluding carboxylic acids is 1. The van der Waals surface area contributed by atoms with Crippen LogP contribution in [0.5, 0.6) is 0 Å². The maximum atomic E-state index is 11.1. The topological polar surface area (TPSA) is 34.9 Å². The molecule has 1 heterocycles. The SMILES string of the molecule is Cc1nc(CCc2ccc(Br)cc2)c(C=O)n1C. The lowest BCUT2D eigenvalue weighted by atomic mass is 10.1. The minimum atomic E-state index is 0.685. The second kappa shape index (κ2) is 5.48. The van der Waals surface area contributed by atoms with Gasteiger partial charge in [0.05, 0.1) is 5.69 Å². The van der Waals surface area contributed by atoms with Gasteiger partial charge < -0.3 is 4.57 Å². The maximum Gasteiger partial charge on any atom is 0.168 e. The summed E-state index contributed by atoms with van der Waals surface area (Å²) in [7, 11) is 1.87. The predicted molar refractivity (Wildman–Crippen MR) is 74.9 cm³/mol. The molecule has 0 aliphatic heterocycles. The van der Waals surface area contributed by atoms with Gasteiger partial charge in [-0.15, -0.1) is 0 Å². The summed E-state index contributed by atoms with van der Waals surface area (Å²) in [5.74, 6) is 0.878. The van der Waals surface area contributed by atoms with Crippen LogP contribution in [-0.2, 0) is 19.9 Å². The smallest absolute Gasteiger partial charge is 0.168 e. The van der Waals surface area contributed by atoms with Crippen LogP contribution in [0.15, 0.2) is 28.7 Å².